The molecule has 0 bridgehead atoms. The Hall–Kier alpha value is -1.90. The molecule has 1 fully saturated rings. The molecular weight excluding hydrogens is 374 g/mol. The Morgan fingerprint density at radius 2 is 2.04 bits per heavy atom. The fourth-order valence-corrected chi connectivity index (χ4v) is 4.18. The van der Waals surface area contributed by atoms with E-state index < -0.39 is 0 Å². The number of aromatic nitrogens is 3. The van der Waals surface area contributed by atoms with Crippen LogP contribution in [0, 0.1) is 6.92 Å². The van der Waals surface area contributed by atoms with E-state index in [-0.39, 0.29) is 11.9 Å². The molecule has 1 atom stereocenters. The second-order valence-corrected chi connectivity index (χ2v) is 7.98. The highest BCUT2D eigenvalue weighted by Gasteiger charge is 2.18. The summed E-state index contributed by atoms with van der Waals surface area (Å²) in [5, 5.41) is 12.6. The summed E-state index contributed by atoms with van der Waals surface area (Å²) >= 11 is 1.43. The largest absolute Gasteiger partial charge is 0.379 e. The number of thioether (sulfide) groups is 1. The average molecular weight is 404 g/mol. The third-order valence-corrected chi connectivity index (χ3v) is 5.76. The molecule has 1 unspecified atom stereocenters. The Morgan fingerprint density at radius 1 is 1.29 bits per heavy atom. The van der Waals surface area contributed by atoms with Crippen LogP contribution in [0.4, 0.5) is 0 Å². The molecule has 1 aromatic carbocycles. The van der Waals surface area contributed by atoms with E-state index in [1.54, 1.807) is 0 Å². The van der Waals surface area contributed by atoms with Gasteiger partial charge in [-0.05, 0) is 26.3 Å². The molecule has 0 radical (unpaired) electrons. The maximum atomic E-state index is 12.4. The van der Waals surface area contributed by atoms with Gasteiger partial charge in [0, 0.05) is 37.8 Å². The lowest BCUT2D eigenvalue weighted by molar-refractivity contribution is -0.119. The van der Waals surface area contributed by atoms with Crippen molar-refractivity contribution in [1.29, 1.82) is 0 Å². The molecule has 1 aliphatic rings. The van der Waals surface area contributed by atoms with E-state index in [2.05, 4.69) is 51.0 Å². The van der Waals surface area contributed by atoms with Crippen molar-refractivity contribution in [2.75, 3.05) is 38.6 Å². The minimum absolute atomic E-state index is 0.0221. The molecule has 0 spiro atoms. The number of nitrogens with zero attached hydrogens (tertiary/aromatic N) is 4. The van der Waals surface area contributed by atoms with Crippen LogP contribution in [0.25, 0.3) is 11.4 Å². The standard InChI is InChI=1S/C20H29N5O2S/c1-4-25-19(17-8-6-5-7-15(17)2)22-23-20(25)28-14-18(26)21-16(3)13-24-9-11-27-12-10-24/h5-8,16H,4,9-14H2,1-3H3,(H,21,26). The Kier molecular flexibility index (Phi) is 7.47. The number of aryl methyl sites for hydroxylation is 1. The van der Waals surface area contributed by atoms with Gasteiger partial charge >= 0.3 is 0 Å². The number of nitrogens with one attached hydrogen (secondary N) is 1. The number of morpholine rings is 1. The Labute approximate surface area is 170 Å². The Balaban J connectivity index is 1.55. The first kappa shape index (κ1) is 20.8. The van der Waals surface area contributed by atoms with Gasteiger partial charge in [-0.2, -0.15) is 0 Å². The van der Waals surface area contributed by atoms with Crippen LogP contribution >= 0.6 is 11.8 Å². The molecule has 28 heavy (non-hydrogen) atoms. The second kappa shape index (κ2) is 10.0. The van der Waals surface area contributed by atoms with Crippen LogP contribution in [0.3, 0.4) is 0 Å². The van der Waals surface area contributed by atoms with E-state index in [0.717, 1.165) is 61.5 Å². The number of benzene rings is 1. The van der Waals surface area contributed by atoms with Crippen molar-refractivity contribution in [2.45, 2.75) is 38.5 Å². The van der Waals surface area contributed by atoms with Crippen LogP contribution < -0.4 is 5.32 Å². The molecule has 1 aromatic heterocycles. The first-order valence-electron chi connectivity index (χ1n) is 9.80. The SMILES string of the molecule is CCn1c(SCC(=O)NC(C)CN2CCOCC2)nnc1-c1ccccc1C. The minimum Gasteiger partial charge on any atom is -0.379 e. The zero-order chi connectivity index (χ0) is 19.9. The van der Waals surface area contributed by atoms with E-state index in [1.165, 1.54) is 11.8 Å². The van der Waals surface area contributed by atoms with Crippen LogP contribution in [0.1, 0.15) is 19.4 Å². The van der Waals surface area contributed by atoms with Crippen molar-refractivity contribution < 1.29 is 9.53 Å². The summed E-state index contributed by atoms with van der Waals surface area (Å²) in [6.07, 6.45) is 0. The first-order chi connectivity index (χ1) is 13.6. The molecule has 152 valence electrons. The summed E-state index contributed by atoms with van der Waals surface area (Å²) in [6, 6.07) is 8.26. The summed E-state index contributed by atoms with van der Waals surface area (Å²) in [5.41, 5.74) is 2.24. The molecule has 2 heterocycles. The average Bonchev–Trinajstić information content (AvgIpc) is 3.10. The molecule has 0 aliphatic carbocycles. The third-order valence-electron chi connectivity index (χ3n) is 4.79. The number of hydrogen-bond donors (Lipinski definition) is 1. The van der Waals surface area contributed by atoms with E-state index in [1.807, 2.05) is 19.1 Å². The van der Waals surface area contributed by atoms with Crippen molar-refractivity contribution in [1.82, 2.24) is 25.0 Å². The predicted octanol–water partition coefficient (Wildman–Crippen LogP) is 2.20. The van der Waals surface area contributed by atoms with Gasteiger partial charge in [-0.3, -0.25) is 9.69 Å². The number of amides is 1. The zero-order valence-electron chi connectivity index (χ0n) is 16.9. The van der Waals surface area contributed by atoms with E-state index in [4.69, 9.17) is 4.74 Å². The number of carbonyl (C=O) groups excluding carboxylic acids is 1. The minimum atomic E-state index is 0.0221. The number of ether oxygens (including phenoxy) is 1. The summed E-state index contributed by atoms with van der Waals surface area (Å²) in [4.78, 5) is 14.7. The predicted molar refractivity (Wildman–Crippen MR) is 111 cm³/mol. The van der Waals surface area contributed by atoms with Gasteiger partial charge in [0.05, 0.1) is 19.0 Å². The molecule has 1 saturated heterocycles. The third kappa shape index (κ3) is 5.33. The fourth-order valence-electron chi connectivity index (χ4n) is 3.37. The van der Waals surface area contributed by atoms with Crippen molar-refractivity contribution in [3.63, 3.8) is 0 Å². The van der Waals surface area contributed by atoms with Crippen molar-refractivity contribution in [3.05, 3.63) is 29.8 Å². The van der Waals surface area contributed by atoms with Crippen molar-refractivity contribution in [3.8, 4) is 11.4 Å². The molecule has 8 heteroatoms. The van der Waals surface area contributed by atoms with Gasteiger partial charge < -0.3 is 14.6 Å². The number of carbonyl (C=O) groups is 1. The van der Waals surface area contributed by atoms with Gasteiger partial charge in [0.1, 0.15) is 0 Å². The number of hydrogen-bond acceptors (Lipinski definition) is 6. The van der Waals surface area contributed by atoms with Crippen LogP contribution in [-0.2, 0) is 16.1 Å². The van der Waals surface area contributed by atoms with Gasteiger partial charge in [0.25, 0.3) is 0 Å². The number of rotatable bonds is 8. The van der Waals surface area contributed by atoms with Gasteiger partial charge in [0.15, 0.2) is 11.0 Å². The summed E-state index contributed by atoms with van der Waals surface area (Å²) in [5.74, 6) is 1.21. The van der Waals surface area contributed by atoms with Crippen LogP contribution in [0.15, 0.2) is 29.4 Å². The van der Waals surface area contributed by atoms with Crippen LogP contribution in [0.5, 0.6) is 0 Å². The van der Waals surface area contributed by atoms with Crippen molar-refractivity contribution >= 4 is 17.7 Å². The van der Waals surface area contributed by atoms with E-state index in [0.29, 0.717) is 5.75 Å². The second-order valence-electron chi connectivity index (χ2n) is 7.04. The Bertz CT molecular complexity index is 789. The molecule has 2 aromatic rings. The lowest BCUT2D eigenvalue weighted by atomic mass is 10.1. The lowest BCUT2D eigenvalue weighted by Crippen LogP contribution is -2.46. The van der Waals surface area contributed by atoms with Crippen LogP contribution in [-0.4, -0.2) is 70.2 Å². The highest BCUT2D eigenvalue weighted by atomic mass is 32.2. The highest BCUT2D eigenvalue weighted by molar-refractivity contribution is 7.99. The normalized spacial score (nSPS) is 16.1. The lowest BCUT2D eigenvalue weighted by Gasteiger charge is -2.29. The van der Waals surface area contributed by atoms with Crippen molar-refractivity contribution in [2.24, 2.45) is 0 Å². The maximum Gasteiger partial charge on any atom is 0.230 e. The molecule has 0 saturated carbocycles. The van der Waals surface area contributed by atoms with Gasteiger partial charge in [-0.25, -0.2) is 0 Å². The summed E-state index contributed by atoms with van der Waals surface area (Å²) in [6.45, 7) is 11.2. The van der Waals surface area contributed by atoms with E-state index >= 15 is 0 Å². The molecular formula is C20H29N5O2S. The zero-order valence-corrected chi connectivity index (χ0v) is 17.7. The monoisotopic (exact) mass is 403 g/mol. The first-order valence-corrected chi connectivity index (χ1v) is 10.8. The fraction of sp³-hybridized carbons (Fsp3) is 0.550. The van der Waals surface area contributed by atoms with Gasteiger partial charge in [-0.15, -0.1) is 10.2 Å². The Morgan fingerprint density at radius 3 is 2.75 bits per heavy atom. The maximum absolute atomic E-state index is 12.4. The summed E-state index contributed by atoms with van der Waals surface area (Å²) in [7, 11) is 0. The quantitative estimate of drug-likeness (QED) is 0.682. The van der Waals surface area contributed by atoms with E-state index in [9.17, 15) is 4.79 Å². The molecule has 3 rings (SSSR count). The molecule has 1 aliphatic heterocycles. The molecule has 1 amide bonds. The molecule has 7 nitrogen and oxygen atoms in total. The van der Waals surface area contributed by atoms with Gasteiger partial charge in [-0.1, -0.05) is 36.0 Å². The highest BCUT2D eigenvalue weighted by Crippen LogP contribution is 2.26. The summed E-state index contributed by atoms with van der Waals surface area (Å²) < 4.78 is 7.43. The van der Waals surface area contributed by atoms with Crippen LogP contribution in [0.2, 0.25) is 0 Å². The topological polar surface area (TPSA) is 72.3 Å². The molecule has 1 N–H and O–H groups in total. The van der Waals surface area contributed by atoms with Gasteiger partial charge in [0.2, 0.25) is 5.91 Å². The smallest absolute Gasteiger partial charge is 0.230 e.